The highest BCUT2D eigenvalue weighted by atomic mass is 19.4. The van der Waals surface area contributed by atoms with Crippen LogP contribution in [0.3, 0.4) is 0 Å². The molecule has 2 nitrogen and oxygen atoms in total. The number of hydrogen-bond acceptors (Lipinski definition) is 2. The smallest absolute Gasteiger partial charge is 0.384 e. The molecule has 1 N–H and O–H groups in total. The van der Waals surface area contributed by atoms with Crippen molar-refractivity contribution >= 4 is 5.69 Å². The number of anilines is 1. The predicted molar refractivity (Wildman–Crippen MR) is 59.5 cm³/mol. The molecule has 0 saturated carbocycles. The van der Waals surface area contributed by atoms with Crippen LogP contribution in [0.2, 0.25) is 0 Å². The SMILES string of the molecule is C=CCCNc1ccc(C(F)(F)F)cc1C#N. The Balaban J connectivity index is 2.95. The van der Waals surface area contributed by atoms with Crippen LogP contribution in [0.1, 0.15) is 17.5 Å². The van der Waals surface area contributed by atoms with E-state index in [1.807, 2.05) is 0 Å². The van der Waals surface area contributed by atoms with Crippen LogP contribution in [0.4, 0.5) is 18.9 Å². The molecule has 0 saturated heterocycles. The number of rotatable bonds is 4. The normalized spacial score (nSPS) is 10.7. The van der Waals surface area contributed by atoms with Crippen molar-refractivity contribution in [2.45, 2.75) is 12.6 Å². The third-order valence-corrected chi connectivity index (χ3v) is 2.13. The molecular weight excluding hydrogens is 229 g/mol. The van der Waals surface area contributed by atoms with Gasteiger partial charge in [-0.15, -0.1) is 6.58 Å². The van der Waals surface area contributed by atoms with E-state index >= 15 is 0 Å². The van der Waals surface area contributed by atoms with Gasteiger partial charge in [-0.1, -0.05) is 6.08 Å². The molecule has 0 atom stereocenters. The van der Waals surface area contributed by atoms with Gasteiger partial charge in [0.15, 0.2) is 0 Å². The van der Waals surface area contributed by atoms with Crippen molar-refractivity contribution in [2.75, 3.05) is 11.9 Å². The fraction of sp³-hybridized carbons (Fsp3) is 0.250. The maximum Gasteiger partial charge on any atom is 0.416 e. The second kappa shape index (κ2) is 5.39. The predicted octanol–water partition coefficient (Wildman–Crippen LogP) is 3.57. The summed E-state index contributed by atoms with van der Waals surface area (Å²) < 4.78 is 37.2. The number of benzene rings is 1. The number of nitrogens with zero attached hydrogens (tertiary/aromatic N) is 1. The number of nitrogens with one attached hydrogen (secondary N) is 1. The van der Waals surface area contributed by atoms with E-state index < -0.39 is 11.7 Å². The lowest BCUT2D eigenvalue weighted by Crippen LogP contribution is -2.07. The third kappa shape index (κ3) is 3.52. The Bertz CT molecular complexity index is 444. The number of hydrogen-bond donors (Lipinski definition) is 1. The lowest BCUT2D eigenvalue weighted by Gasteiger charge is -2.10. The van der Waals surface area contributed by atoms with Gasteiger partial charge in [0, 0.05) is 6.54 Å². The van der Waals surface area contributed by atoms with Gasteiger partial charge in [-0.25, -0.2) is 0 Å². The van der Waals surface area contributed by atoms with Gasteiger partial charge in [0.05, 0.1) is 16.8 Å². The molecule has 0 fully saturated rings. The van der Waals surface area contributed by atoms with Gasteiger partial charge in [0.2, 0.25) is 0 Å². The molecular formula is C12H11F3N2. The van der Waals surface area contributed by atoms with Crippen molar-refractivity contribution < 1.29 is 13.2 Å². The van der Waals surface area contributed by atoms with Crippen molar-refractivity contribution in [3.63, 3.8) is 0 Å². The van der Waals surface area contributed by atoms with Crippen LogP contribution in [0.5, 0.6) is 0 Å². The first-order valence-corrected chi connectivity index (χ1v) is 4.95. The second-order valence-corrected chi connectivity index (χ2v) is 3.37. The van der Waals surface area contributed by atoms with Crippen LogP contribution < -0.4 is 5.32 Å². The summed E-state index contributed by atoms with van der Waals surface area (Å²) in [6.45, 7) is 4.06. The molecule has 0 unspecified atom stereocenters. The quantitative estimate of drug-likeness (QED) is 0.645. The van der Waals surface area contributed by atoms with E-state index in [1.54, 1.807) is 12.1 Å². The lowest BCUT2D eigenvalue weighted by atomic mass is 10.1. The number of halogens is 3. The minimum atomic E-state index is -4.43. The first-order valence-electron chi connectivity index (χ1n) is 4.95. The van der Waals surface area contributed by atoms with Crippen molar-refractivity contribution in [3.05, 3.63) is 42.0 Å². The highest BCUT2D eigenvalue weighted by Crippen LogP contribution is 2.31. The summed E-state index contributed by atoms with van der Waals surface area (Å²) >= 11 is 0. The molecule has 0 aliphatic rings. The first kappa shape index (κ1) is 13.1. The standard InChI is InChI=1S/C12H11F3N2/c1-2-3-6-17-11-5-4-10(12(13,14)15)7-9(11)8-16/h2,4-5,7,17H,1,3,6H2. The van der Waals surface area contributed by atoms with Crippen molar-refractivity contribution in [1.29, 1.82) is 5.26 Å². The maximum atomic E-state index is 12.4. The average molecular weight is 240 g/mol. The van der Waals surface area contributed by atoms with E-state index in [2.05, 4.69) is 11.9 Å². The Hall–Kier alpha value is -1.96. The zero-order valence-corrected chi connectivity index (χ0v) is 9.01. The Kier molecular flexibility index (Phi) is 4.16. The van der Waals surface area contributed by atoms with Gasteiger partial charge in [-0.05, 0) is 24.6 Å². The van der Waals surface area contributed by atoms with Crippen molar-refractivity contribution in [3.8, 4) is 6.07 Å². The zero-order chi connectivity index (χ0) is 12.9. The van der Waals surface area contributed by atoms with Gasteiger partial charge in [0.25, 0.3) is 0 Å². The van der Waals surface area contributed by atoms with E-state index in [-0.39, 0.29) is 5.56 Å². The summed E-state index contributed by atoms with van der Waals surface area (Å²) in [5.74, 6) is 0. The van der Waals surface area contributed by atoms with Crippen LogP contribution in [0.15, 0.2) is 30.9 Å². The molecule has 0 heterocycles. The lowest BCUT2D eigenvalue weighted by molar-refractivity contribution is -0.137. The Labute approximate surface area is 97.4 Å². The van der Waals surface area contributed by atoms with E-state index in [1.165, 1.54) is 6.07 Å². The fourth-order valence-electron chi connectivity index (χ4n) is 1.28. The molecule has 0 bridgehead atoms. The molecule has 1 rings (SSSR count). The Morgan fingerprint density at radius 2 is 2.12 bits per heavy atom. The van der Waals surface area contributed by atoms with Crippen LogP contribution in [0, 0.1) is 11.3 Å². The van der Waals surface area contributed by atoms with Crippen LogP contribution >= 0.6 is 0 Å². The molecule has 90 valence electrons. The molecule has 0 aromatic heterocycles. The largest absolute Gasteiger partial charge is 0.416 e. The van der Waals surface area contributed by atoms with E-state index in [0.717, 1.165) is 12.1 Å². The van der Waals surface area contributed by atoms with Gasteiger partial charge in [-0.2, -0.15) is 18.4 Å². The monoisotopic (exact) mass is 240 g/mol. The van der Waals surface area contributed by atoms with E-state index in [0.29, 0.717) is 18.7 Å². The van der Waals surface area contributed by atoms with Crippen LogP contribution in [-0.4, -0.2) is 6.54 Å². The van der Waals surface area contributed by atoms with Crippen LogP contribution in [0.25, 0.3) is 0 Å². The molecule has 5 heteroatoms. The van der Waals surface area contributed by atoms with Gasteiger partial charge in [0.1, 0.15) is 6.07 Å². The van der Waals surface area contributed by atoms with Gasteiger partial charge in [-0.3, -0.25) is 0 Å². The molecule has 0 aliphatic carbocycles. The minimum Gasteiger partial charge on any atom is -0.384 e. The van der Waals surface area contributed by atoms with Gasteiger partial charge < -0.3 is 5.32 Å². The highest BCUT2D eigenvalue weighted by molar-refractivity contribution is 5.59. The Morgan fingerprint density at radius 3 is 2.65 bits per heavy atom. The summed E-state index contributed by atoms with van der Waals surface area (Å²) in [4.78, 5) is 0. The Morgan fingerprint density at radius 1 is 1.41 bits per heavy atom. The number of alkyl halides is 3. The second-order valence-electron chi connectivity index (χ2n) is 3.37. The summed E-state index contributed by atoms with van der Waals surface area (Å²) in [6, 6.07) is 4.81. The average Bonchev–Trinajstić information content (AvgIpc) is 2.28. The molecule has 0 aliphatic heterocycles. The maximum absolute atomic E-state index is 12.4. The molecule has 1 aromatic carbocycles. The summed E-state index contributed by atoms with van der Waals surface area (Å²) in [6.07, 6.45) is -2.07. The molecule has 0 amide bonds. The minimum absolute atomic E-state index is 0.0103. The summed E-state index contributed by atoms with van der Waals surface area (Å²) in [5.41, 5.74) is -0.422. The number of nitriles is 1. The zero-order valence-electron chi connectivity index (χ0n) is 9.01. The molecule has 0 radical (unpaired) electrons. The molecule has 17 heavy (non-hydrogen) atoms. The molecule has 1 aromatic rings. The summed E-state index contributed by atoms with van der Waals surface area (Å²) in [5, 5.41) is 11.7. The van der Waals surface area contributed by atoms with Crippen LogP contribution in [-0.2, 0) is 6.18 Å². The highest BCUT2D eigenvalue weighted by Gasteiger charge is 2.30. The molecule has 0 spiro atoms. The topological polar surface area (TPSA) is 35.8 Å². The van der Waals surface area contributed by atoms with Crippen molar-refractivity contribution in [2.24, 2.45) is 0 Å². The summed E-state index contributed by atoms with van der Waals surface area (Å²) in [7, 11) is 0. The third-order valence-electron chi connectivity index (χ3n) is 2.13. The fourth-order valence-corrected chi connectivity index (χ4v) is 1.28. The van der Waals surface area contributed by atoms with Crippen molar-refractivity contribution in [1.82, 2.24) is 0 Å². The van der Waals surface area contributed by atoms with Gasteiger partial charge >= 0.3 is 6.18 Å². The first-order chi connectivity index (χ1) is 7.99. The van der Waals surface area contributed by atoms with E-state index in [4.69, 9.17) is 5.26 Å². The van der Waals surface area contributed by atoms with E-state index in [9.17, 15) is 13.2 Å².